The minimum Gasteiger partial charge on any atom is -0.481 e. The molecule has 2 N–H and O–H groups in total. The number of rotatable bonds is 7. The van der Waals surface area contributed by atoms with E-state index in [-0.39, 0.29) is 12.3 Å². The Kier molecular flexibility index (Phi) is 6.19. The summed E-state index contributed by atoms with van der Waals surface area (Å²) in [6.45, 7) is 1.88. The quantitative estimate of drug-likeness (QED) is 0.640. The van der Waals surface area contributed by atoms with E-state index in [4.69, 9.17) is 4.74 Å². The Hall–Kier alpha value is -3.74. The van der Waals surface area contributed by atoms with Crippen LogP contribution in [0.2, 0.25) is 0 Å². The Bertz CT molecular complexity index is 1020. The lowest BCUT2D eigenvalue weighted by atomic mass is 9.98. The van der Waals surface area contributed by atoms with Gasteiger partial charge in [0.05, 0.1) is 25.3 Å². The Balaban J connectivity index is 1.94. The maximum absolute atomic E-state index is 13.0. The van der Waals surface area contributed by atoms with Crippen molar-refractivity contribution in [2.24, 2.45) is 0 Å². The number of aryl methyl sites for hydroxylation is 1. The van der Waals surface area contributed by atoms with Crippen molar-refractivity contribution in [1.82, 2.24) is 15.3 Å². The van der Waals surface area contributed by atoms with Gasteiger partial charge in [-0.1, -0.05) is 24.3 Å². The van der Waals surface area contributed by atoms with Crippen LogP contribution in [-0.2, 0) is 4.79 Å². The summed E-state index contributed by atoms with van der Waals surface area (Å²) in [5.74, 6) is -1.13. The summed E-state index contributed by atoms with van der Waals surface area (Å²) in [7, 11) is 1.47. The number of ether oxygens (including phenoxy) is 1. The van der Waals surface area contributed by atoms with Crippen LogP contribution in [0.1, 0.15) is 33.9 Å². The van der Waals surface area contributed by atoms with Gasteiger partial charge in [-0.3, -0.25) is 14.6 Å². The second-order valence-electron chi connectivity index (χ2n) is 6.51. The van der Waals surface area contributed by atoms with E-state index in [0.29, 0.717) is 11.3 Å². The second kappa shape index (κ2) is 8.97. The topological polar surface area (TPSA) is 101 Å². The number of amides is 1. The van der Waals surface area contributed by atoms with Crippen molar-refractivity contribution in [2.75, 3.05) is 7.11 Å². The van der Waals surface area contributed by atoms with Gasteiger partial charge in [-0.05, 0) is 36.2 Å². The first-order chi connectivity index (χ1) is 14.0. The number of hydrogen-bond acceptors (Lipinski definition) is 5. The summed E-state index contributed by atoms with van der Waals surface area (Å²) in [5, 5.41) is 12.1. The SMILES string of the molecule is COc1cc(C(=O)N[C@@H](CC(=O)O)c2ccccc2C)cc(-c2cccnc2)n1. The largest absolute Gasteiger partial charge is 0.481 e. The van der Waals surface area contributed by atoms with Gasteiger partial charge in [0.1, 0.15) is 0 Å². The third-order valence-electron chi connectivity index (χ3n) is 4.48. The number of carboxylic acid groups (broad SMARTS) is 1. The molecule has 0 aliphatic heterocycles. The van der Waals surface area contributed by atoms with Crippen molar-refractivity contribution in [2.45, 2.75) is 19.4 Å². The number of carbonyl (C=O) groups is 2. The minimum atomic E-state index is -0.998. The zero-order valence-corrected chi connectivity index (χ0v) is 16.1. The van der Waals surface area contributed by atoms with Crippen LogP contribution in [0.25, 0.3) is 11.3 Å². The van der Waals surface area contributed by atoms with Crippen molar-refractivity contribution in [3.63, 3.8) is 0 Å². The number of nitrogens with one attached hydrogen (secondary N) is 1. The Morgan fingerprint density at radius 3 is 2.62 bits per heavy atom. The number of aromatic nitrogens is 2. The van der Waals surface area contributed by atoms with Crippen molar-refractivity contribution in [1.29, 1.82) is 0 Å². The van der Waals surface area contributed by atoms with Crippen LogP contribution in [0.5, 0.6) is 5.88 Å². The van der Waals surface area contributed by atoms with Crippen LogP contribution in [-0.4, -0.2) is 34.1 Å². The average Bonchev–Trinajstić information content (AvgIpc) is 2.73. The molecular formula is C22H21N3O4. The van der Waals surface area contributed by atoms with Crippen LogP contribution >= 0.6 is 0 Å². The van der Waals surface area contributed by atoms with Crippen molar-refractivity contribution >= 4 is 11.9 Å². The maximum Gasteiger partial charge on any atom is 0.305 e. The van der Waals surface area contributed by atoms with Gasteiger partial charge in [0.2, 0.25) is 5.88 Å². The number of carboxylic acids is 1. The van der Waals surface area contributed by atoms with Gasteiger partial charge in [0.15, 0.2) is 0 Å². The van der Waals surface area contributed by atoms with E-state index >= 15 is 0 Å². The monoisotopic (exact) mass is 391 g/mol. The molecule has 0 fully saturated rings. The Morgan fingerprint density at radius 1 is 1.17 bits per heavy atom. The molecule has 7 heteroatoms. The Labute approximate surface area is 168 Å². The number of pyridine rings is 2. The highest BCUT2D eigenvalue weighted by molar-refractivity contribution is 5.96. The molecule has 1 aromatic carbocycles. The maximum atomic E-state index is 13.0. The summed E-state index contributed by atoms with van der Waals surface area (Å²) < 4.78 is 5.23. The lowest BCUT2D eigenvalue weighted by molar-refractivity contribution is -0.137. The second-order valence-corrected chi connectivity index (χ2v) is 6.51. The van der Waals surface area contributed by atoms with E-state index in [1.807, 2.05) is 37.3 Å². The van der Waals surface area contributed by atoms with E-state index in [9.17, 15) is 14.7 Å². The molecule has 3 rings (SSSR count). The van der Waals surface area contributed by atoms with Crippen LogP contribution in [0.3, 0.4) is 0 Å². The lowest BCUT2D eigenvalue weighted by Crippen LogP contribution is -2.30. The van der Waals surface area contributed by atoms with Crippen molar-refractivity contribution in [3.8, 4) is 17.1 Å². The fourth-order valence-electron chi connectivity index (χ4n) is 3.04. The number of nitrogens with zero attached hydrogens (tertiary/aromatic N) is 2. The molecule has 1 amide bonds. The normalized spacial score (nSPS) is 11.5. The first kappa shape index (κ1) is 20.0. The lowest BCUT2D eigenvalue weighted by Gasteiger charge is -2.20. The fourth-order valence-corrected chi connectivity index (χ4v) is 3.04. The van der Waals surface area contributed by atoms with E-state index in [0.717, 1.165) is 16.7 Å². The number of methoxy groups -OCH3 is 1. The summed E-state index contributed by atoms with van der Waals surface area (Å²) >= 11 is 0. The molecule has 0 bridgehead atoms. The predicted octanol–water partition coefficient (Wildman–Crippen LogP) is 3.41. The molecule has 29 heavy (non-hydrogen) atoms. The first-order valence-electron chi connectivity index (χ1n) is 9.02. The number of hydrogen-bond donors (Lipinski definition) is 2. The van der Waals surface area contributed by atoms with Gasteiger partial charge in [-0.25, -0.2) is 4.98 Å². The van der Waals surface area contributed by atoms with Crippen LogP contribution in [0.15, 0.2) is 60.9 Å². The van der Waals surface area contributed by atoms with E-state index in [1.165, 1.54) is 13.2 Å². The first-order valence-corrected chi connectivity index (χ1v) is 9.02. The molecule has 0 spiro atoms. The molecule has 0 saturated heterocycles. The highest BCUT2D eigenvalue weighted by atomic mass is 16.5. The van der Waals surface area contributed by atoms with E-state index in [2.05, 4.69) is 15.3 Å². The average molecular weight is 391 g/mol. The third kappa shape index (κ3) is 4.95. The van der Waals surface area contributed by atoms with Crippen molar-refractivity contribution in [3.05, 3.63) is 77.6 Å². The highest BCUT2D eigenvalue weighted by Gasteiger charge is 2.21. The van der Waals surface area contributed by atoms with Gasteiger partial charge < -0.3 is 15.2 Å². The molecule has 0 aliphatic carbocycles. The summed E-state index contributed by atoms with van der Waals surface area (Å²) in [5.41, 5.74) is 3.26. The van der Waals surface area contributed by atoms with E-state index in [1.54, 1.807) is 24.5 Å². The van der Waals surface area contributed by atoms with Crippen LogP contribution < -0.4 is 10.1 Å². The molecule has 7 nitrogen and oxygen atoms in total. The number of aliphatic carboxylic acids is 1. The van der Waals surface area contributed by atoms with Crippen molar-refractivity contribution < 1.29 is 19.4 Å². The van der Waals surface area contributed by atoms with Gasteiger partial charge >= 0.3 is 5.97 Å². The molecule has 0 radical (unpaired) electrons. The molecule has 0 aliphatic rings. The molecule has 2 heterocycles. The zero-order chi connectivity index (χ0) is 20.8. The van der Waals surface area contributed by atoms with Gasteiger partial charge in [0, 0.05) is 29.6 Å². The number of benzene rings is 1. The highest BCUT2D eigenvalue weighted by Crippen LogP contribution is 2.24. The molecule has 0 unspecified atom stereocenters. The zero-order valence-electron chi connectivity index (χ0n) is 16.1. The van der Waals surface area contributed by atoms with Crippen LogP contribution in [0.4, 0.5) is 0 Å². The van der Waals surface area contributed by atoms with Crippen LogP contribution in [0, 0.1) is 6.92 Å². The third-order valence-corrected chi connectivity index (χ3v) is 4.48. The predicted molar refractivity (Wildman–Crippen MR) is 108 cm³/mol. The molecule has 3 aromatic rings. The number of carbonyl (C=O) groups excluding carboxylic acids is 1. The van der Waals surface area contributed by atoms with Gasteiger partial charge in [-0.2, -0.15) is 0 Å². The van der Waals surface area contributed by atoms with Gasteiger partial charge in [0.25, 0.3) is 5.91 Å². The minimum absolute atomic E-state index is 0.228. The standard InChI is InChI=1S/C22H21N3O4/c1-14-6-3-4-8-17(14)19(12-21(26)27)25-22(28)16-10-18(24-20(11-16)29-2)15-7-5-9-23-13-15/h3-11,13,19H,12H2,1-2H3,(H,25,28)(H,26,27)/t19-/m0/s1. The molecular weight excluding hydrogens is 370 g/mol. The van der Waals surface area contributed by atoms with Gasteiger partial charge in [-0.15, -0.1) is 0 Å². The summed E-state index contributed by atoms with van der Waals surface area (Å²) in [4.78, 5) is 32.8. The molecule has 148 valence electrons. The molecule has 2 aromatic heterocycles. The smallest absolute Gasteiger partial charge is 0.305 e. The molecule has 1 atom stereocenters. The summed E-state index contributed by atoms with van der Waals surface area (Å²) in [6.07, 6.45) is 3.06. The van der Waals surface area contributed by atoms with E-state index < -0.39 is 17.9 Å². The Morgan fingerprint density at radius 2 is 1.97 bits per heavy atom. The molecule has 0 saturated carbocycles. The fraction of sp³-hybridized carbons (Fsp3) is 0.182. The summed E-state index contributed by atoms with van der Waals surface area (Å²) in [6, 6.07) is 13.5.